The van der Waals surface area contributed by atoms with E-state index in [0.29, 0.717) is 0 Å². The highest BCUT2D eigenvalue weighted by atomic mass is 32.1. The molecular formula is C11H12N2S. The molecule has 0 spiro atoms. The second-order valence-electron chi connectivity index (χ2n) is 3.06. The average Bonchev–Trinajstić information content (AvgIpc) is 2.72. The van der Waals surface area contributed by atoms with Crippen molar-refractivity contribution in [1.29, 1.82) is 0 Å². The maximum absolute atomic E-state index is 4.24. The number of nitrogens with zero attached hydrogens (tertiary/aromatic N) is 1. The summed E-state index contributed by atoms with van der Waals surface area (Å²) in [4.78, 5) is 4.24. The van der Waals surface area contributed by atoms with Crippen molar-refractivity contribution in [2.75, 3.05) is 0 Å². The van der Waals surface area contributed by atoms with Crippen LogP contribution in [0.3, 0.4) is 0 Å². The lowest BCUT2D eigenvalue weighted by atomic mass is 10.3. The number of hydrogen-bond donors (Lipinski definition) is 1. The molecule has 14 heavy (non-hydrogen) atoms. The van der Waals surface area contributed by atoms with E-state index in [1.54, 1.807) is 11.3 Å². The fraction of sp³-hybridized carbons (Fsp3) is 0.182. The quantitative estimate of drug-likeness (QED) is 0.827. The normalized spacial score (nSPS) is 10.3. The van der Waals surface area contributed by atoms with Crippen LogP contribution in [0.4, 0.5) is 0 Å². The molecule has 2 rings (SSSR count). The Kier molecular flexibility index (Phi) is 3.27. The molecule has 0 bridgehead atoms. The molecule has 2 nitrogen and oxygen atoms in total. The summed E-state index contributed by atoms with van der Waals surface area (Å²) >= 11 is 1.73. The van der Waals surface area contributed by atoms with Gasteiger partial charge in [0.05, 0.1) is 5.69 Å². The van der Waals surface area contributed by atoms with Crippen molar-refractivity contribution in [2.45, 2.75) is 13.1 Å². The molecule has 2 aromatic rings. The van der Waals surface area contributed by atoms with E-state index < -0.39 is 0 Å². The Labute approximate surface area is 87.6 Å². The van der Waals surface area contributed by atoms with Gasteiger partial charge in [-0.3, -0.25) is 4.98 Å². The van der Waals surface area contributed by atoms with Gasteiger partial charge in [0.15, 0.2) is 0 Å². The van der Waals surface area contributed by atoms with Gasteiger partial charge in [-0.1, -0.05) is 6.07 Å². The molecule has 0 amide bonds. The monoisotopic (exact) mass is 204 g/mol. The smallest absolute Gasteiger partial charge is 0.0541 e. The predicted octanol–water partition coefficient (Wildman–Crippen LogP) is 2.43. The van der Waals surface area contributed by atoms with Gasteiger partial charge in [0.1, 0.15) is 0 Å². The molecule has 3 heteroatoms. The standard InChI is InChI=1S/C11H12N2S/c1-2-5-13-11(3-1)8-12-7-10-4-6-14-9-10/h1-6,9,12H,7-8H2. The van der Waals surface area contributed by atoms with Crippen molar-refractivity contribution in [1.82, 2.24) is 10.3 Å². The lowest BCUT2D eigenvalue weighted by Gasteiger charge is -2.01. The van der Waals surface area contributed by atoms with Gasteiger partial charge in [-0.15, -0.1) is 0 Å². The maximum Gasteiger partial charge on any atom is 0.0541 e. The van der Waals surface area contributed by atoms with Crippen LogP contribution >= 0.6 is 11.3 Å². The molecule has 2 aromatic heterocycles. The van der Waals surface area contributed by atoms with Crippen molar-refractivity contribution in [3.05, 3.63) is 52.5 Å². The van der Waals surface area contributed by atoms with Gasteiger partial charge in [-0.25, -0.2) is 0 Å². The minimum atomic E-state index is 0.830. The van der Waals surface area contributed by atoms with E-state index in [0.717, 1.165) is 18.8 Å². The second kappa shape index (κ2) is 4.88. The van der Waals surface area contributed by atoms with Crippen LogP contribution in [0, 0.1) is 0 Å². The molecule has 0 unspecified atom stereocenters. The first kappa shape index (κ1) is 9.37. The highest BCUT2D eigenvalue weighted by molar-refractivity contribution is 7.07. The van der Waals surface area contributed by atoms with Crippen molar-refractivity contribution in [2.24, 2.45) is 0 Å². The molecule has 0 aromatic carbocycles. The topological polar surface area (TPSA) is 24.9 Å². The maximum atomic E-state index is 4.24. The highest BCUT2D eigenvalue weighted by Gasteiger charge is 1.93. The van der Waals surface area contributed by atoms with E-state index in [-0.39, 0.29) is 0 Å². The Morgan fingerprint density at radius 1 is 1.21 bits per heavy atom. The van der Waals surface area contributed by atoms with Gasteiger partial charge in [0, 0.05) is 19.3 Å². The zero-order chi connectivity index (χ0) is 9.64. The number of rotatable bonds is 4. The largest absolute Gasteiger partial charge is 0.307 e. The van der Waals surface area contributed by atoms with Crippen molar-refractivity contribution in [3.8, 4) is 0 Å². The van der Waals surface area contributed by atoms with Gasteiger partial charge in [-0.2, -0.15) is 11.3 Å². The summed E-state index contributed by atoms with van der Waals surface area (Å²) in [7, 11) is 0. The zero-order valence-corrected chi connectivity index (χ0v) is 8.63. The third kappa shape index (κ3) is 2.65. The number of thiophene rings is 1. The molecule has 0 aliphatic carbocycles. The number of nitrogens with one attached hydrogen (secondary N) is 1. The van der Waals surface area contributed by atoms with E-state index in [9.17, 15) is 0 Å². The van der Waals surface area contributed by atoms with Crippen LogP contribution in [0.1, 0.15) is 11.3 Å². The third-order valence-electron chi connectivity index (χ3n) is 1.94. The summed E-state index contributed by atoms with van der Waals surface area (Å²) in [6.07, 6.45) is 1.82. The van der Waals surface area contributed by atoms with Crippen LogP contribution in [0.2, 0.25) is 0 Å². The third-order valence-corrected chi connectivity index (χ3v) is 2.67. The predicted molar refractivity (Wildman–Crippen MR) is 59.1 cm³/mol. The summed E-state index contributed by atoms with van der Waals surface area (Å²) < 4.78 is 0. The Morgan fingerprint density at radius 2 is 2.21 bits per heavy atom. The van der Waals surface area contributed by atoms with Crippen LogP contribution in [-0.4, -0.2) is 4.98 Å². The fourth-order valence-electron chi connectivity index (χ4n) is 1.23. The van der Waals surface area contributed by atoms with Crippen LogP contribution < -0.4 is 5.32 Å². The Balaban J connectivity index is 1.79. The number of pyridine rings is 1. The second-order valence-corrected chi connectivity index (χ2v) is 3.84. The van der Waals surface area contributed by atoms with Crippen molar-refractivity contribution < 1.29 is 0 Å². The first-order valence-electron chi connectivity index (χ1n) is 4.57. The Bertz CT molecular complexity index is 356. The first-order chi connectivity index (χ1) is 6.95. The van der Waals surface area contributed by atoms with Gasteiger partial charge < -0.3 is 5.32 Å². The summed E-state index contributed by atoms with van der Waals surface area (Å²) in [6, 6.07) is 8.10. The van der Waals surface area contributed by atoms with Gasteiger partial charge in [0.2, 0.25) is 0 Å². The molecular weight excluding hydrogens is 192 g/mol. The molecule has 0 saturated carbocycles. The van der Waals surface area contributed by atoms with Gasteiger partial charge in [0.25, 0.3) is 0 Å². The Hall–Kier alpha value is -1.19. The first-order valence-corrected chi connectivity index (χ1v) is 5.51. The van der Waals surface area contributed by atoms with Gasteiger partial charge >= 0.3 is 0 Å². The Morgan fingerprint density at radius 3 is 2.93 bits per heavy atom. The highest BCUT2D eigenvalue weighted by Crippen LogP contribution is 2.05. The van der Waals surface area contributed by atoms with Crippen LogP contribution in [0.15, 0.2) is 41.2 Å². The van der Waals surface area contributed by atoms with Crippen LogP contribution in [0.25, 0.3) is 0 Å². The van der Waals surface area contributed by atoms with Crippen molar-refractivity contribution >= 4 is 11.3 Å². The molecule has 0 aliphatic heterocycles. The van der Waals surface area contributed by atoms with E-state index >= 15 is 0 Å². The molecule has 0 saturated heterocycles. The van der Waals surface area contributed by atoms with Gasteiger partial charge in [-0.05, 0) is 34.5 Å². The summed E-state index contributed by atoms with van der Waals surface area (Å²) in [5.74, 6) is 0. The van der Waals surface area contributed by atoms with E-state index in [2.05, 4.69) is 27.1 Å². The molecule has 72 valence electrons. The van der Waals surface area contributed by atoms with Crippen molar-refractivity contribution in [3.63, 3.8) is 0 Å². The van der Waals surface area contributed by atoms with Crippen LogP contribution in [-0.2, 0) is 13.1 Å². The number of hydrogen-bond acceptors (Lipinski definition) is 3. The summed E-state index contributed by atoms with van der Waals surface area (Å²) in [5, 5.41) is 7.60. The van der Waals surface area contributed by atoms with Crippen LogP contribution in [0.5, 0.6) is 0 Å². The van der Waals surface area contributed by atoms with E-state index in [4.69, 9.17) is 0 Å². The molecule has 0 radical (unpaired) electrons. The minimum absolute atomic E-state index is 0.830. The molecule has 2 heterocycles. The SMILES string of the molecule is c1ccc(CNCc2ccsc2)nc1. The summed E-state index contributed by atoms with van der Waals surface area (Å²) in [5.41, 5.74) is 2.42. The lowest BCUT2D eigenvalue weighted by Crippen LogP contribution is -2.12. The average molecular weight is 204 g/mol. The number of aromatic nitrogens is 1. The molecule has 0 atom stereocenters. The van der Waals surface area contributed by atoms with E-state index in [1.165, 1.54) is 5.56 Å². The molecule has 1 N–H and O–H groups in total. The fourth-order valence-corrected chi connectivity index (χ4v) is 1.90. The molecule has 0 fully saturated rings. The molecule has 0 aliphatic rings. The lowest BCUT2D eigenvalue weighted by molar-refractivity contribution is 0.681. The summed E-state index contributed by atoms with van der Waals surface area (Å²) in [6.45, 7) is 1.75. The zero-order valence-electron chi connectivity index (χ0n) is 7.81. The van der Waals surface area contributed by atoms with E-state index in [1.807, 2.05) is 24.4 Å². The minimum Gasteiger partial charge on any atom is -0.307 e.